The molecule has 1 aromatic rings. The summed E-state index contributed by atoms with van der Waals surface area (Å²) in [6.45, 7) is 4.53. The van der Waals surface area contributed by atoms with Crippen LogP contribution in [0.3, 0.4) is 0 Å². The molecule has 0 saturated carbocycles. The Morgan fingerprint density at radius 2 is 2.37 bits per heavy atom. The van der Waals surface area contributed by atoms with E-state index in [1.807, 2.05) is 6.92 Å². The van der Waals surface area contributed by atoms with E-state index in [9.17, 15) is 9.59 Å². The van der Waals surface area contributed by atoms with Crippen molar-refractivity contribution in [3.05, 3.63) is 16.1 Å². The third-order valence-electron chi connectivity index (χ3n) is 3.33. The summed E-state index contributed by atoms with van der Waals surface area (Å²) < 4.78 is 0. The number of hydrogen-bond acceptors (Lipinski definition) is 5. The largest absolute Gasteiger partial charge is 0.476 e. The highest BCUT2D eigenvalue weighted by atomic mass is 32.1. The third-order valence-corrected chi connectivity index (χ3v) is 4.36. The number of amides is 1. The van der Waals surface area contributed by atoms with Gasteiger partial charge in [-0.2, -0.15) is 0 Å². The number of rotatable bonds is 4. The van der Waals surface area contributed by atoms with Crippen LogP contribution in [-0.2, 0) is 4.79 Å². The number of hydrogen-bond donors (Lipinski definition) is 3. The summed E-state index contributed by atoms with van der Waals surface area (Å²) in [5, 5.41) is 17.0. The zero-order valence-electron chi connectivity index (χ0n) is 10.9. The van der Waals surface area contributed by atoms with Gasteiger partial charge in [0.05, 0.1) is 11.6 Å². The minimum absolute atomic E-state index is 0.0197. The van der Waals surface area contributed by atoms with Gasteiger partial charge >= 0.3 is 5.97 Å². The van der Waals surface area contributed by atoms with Gasteiger partial charge in [-0.3, -0.25) is 4.79 Å². The molecule has 1 aromatic heterocycles. The van der Waals surface area contributed by atoms with Crippen molar-refractivity contribution in [3.63, 3.8) is 0 Å². The van der Waals surface area contributed by atoms with Crippen LogP contribution >= 0.6 is 11.3 Å². The van der Waals surface area contributed by atoms with Gasteiger partial charge in [0.2, 0.25) is 5.91 Å². The molecule has 2 atom stereocenters. The molecular weight excluding hydrogens is 266 g/mol. The number of thiazole rings is 1. The second-order valence-corrected chi connectivity index (χ2v) is 5.82. The fourth-order valence-electron chi connectivity index (χ4n) is 2.09. The molecule has 1 fully saturated rings. The van der Waals surface area contributed by atoms with Gasteiger partial charge in [-0.1, -0.05) is 0 Å². The van der Waals surface area contributed by atoms with Crippen LogP contribution < -0.4 is 10.6 Å². The summed E-state index contributed by atoms with van der Waals surface area (Å²) in [6.07, 6.45) is 1.79. The van der Waals surface area contributed by atoms with Crippen LogP contribution in [-0.4, -0.2) is 34.1 Å². The lowest BCUT2D eigenvalue weighted by atomic mass is 9.99. The molecule has 0 spiro atoms. The zero-order chi connectivity index (χ0) is 14.0. The van der Waals surface area contributed by atoms with Gasteiger partial charge in [0, 0.05) is 5.38 Å². The topological polar surface area (TPSA) is 91.3 Å². The van der Waals surface area contributed by atoms with Crippen LogP contribution in [0, 0.1) is 0 Å². The van der Waals surface area contributed by atoms with E-state index in [-0.39, 0.29) is 17.6 Å². The normalized spacial score (nSPS) is 24.1. The molecular formula is C12H17N3O3S. The van der Waals surface area contributed by atoms with Gasteiger partial charge in [0.1, 0.15) is 5.01 Å². The first kappa shape index (κ1) is 14.0. The molecule has 1 aliphatic heterocycles. The molecule has 2 heterocycles. The van der Waals surface area contributed by atoms with Crippen molar-refractivity contribution < 1.29 is 14.7 Å². The molecule has 6 nitrogen and oxygen atoms in total. The molecule has 7 heteroatoms. The van der Waals surface area contributed by atoms with Gasteiger partial charge in [0.15, 0.2) is 5.69 Å². The van der Waals surface area contributed by atoms with Gasteiger partial charge in [-0.05, 0) is 33.2 Å². The summed E-state index contributed by atoms with van der Waals surface area (Å²) in [6, 6.07) is -0.287. The Morgan fingerprint density at radius 1 is 1.63 bits per heavy atom. The molecule has 0 aliphatic carbocycles. The number of carboxylic acid groups (broad SMARTS) is 1. The Kier molecular flexibility index (Phi) is 3.86. The van der Waals surface area contributed by atoms with Crippen LogP contribution in [0.4, 0.5) is 0 Å². The van der Waals surface area contributed by atoms with E-state index in [0.717, 1.165) is 19.4 Å². The minimum atomic E-state index is -1.05. The second-order valence-electron chi connectivity index (χ2n) is 4.93. The summed E-state index contributed by atoms with van der Waals surface area (Å²) in [4.78, 5) is 26.9. The van der Waals surface area contributed by atoms with Crippen molar-refractivity contribution in [2.45, 2.75) is 38.3 Å². The van der Waals surface area contributed by atoms with Crippen LogP contribution in [0.1, 0.15) is 48.2 Å². The lowest BCUT2D eigenvalue weighted by Crippen LogP contribution is -2.51. The monoisotopic (exact) mass is 283 g/mol. The Labute approximate surface area is 115 Å². The number of aromatic nitrogens is 1. The van der Waals surface area contributed by atoms with E-state index in [2.05, 4.69) is 15.6 Å². The van der Waals surface area contributed by atoms with Gasteiger partial charge in [-0.15, -0.1) is 11.3 Å². The maximum atomic E-state index is 12.2. The Hall–Kier alpha value is -1.47. The first-order valence-corrected chi connectivity index (χ1v) is 7.05. The molecule has 19 heavy (non-hydrogen) atoms. The van der Waals surface area contributed by atoms with Crippen LogP contribution in [0.15, 0.2) is 5.38 Å². The SMILES string of the molecule is CC(NC(=O)C1(C)CCCN1)c1nc(C(=O)O)cs1. The second kappa shape index (κ2) is 5.26. The van der Waals surface area contributed by atoms with E-state index in [4.69, 9.17) is 5.11 Å². The Balaban J connectivity index is 2.01. The molecule has 0 bridgehead atoms. The Morgan fingerprint density at radius 3 is 2.89 bits per heavy atom. The smallest absolute Gasteiger partial charge is 0.355 e. The predicted octanol–water partition coefficient (Wildman–Crippen LogP) is 1.16. The fraction of sp³-hybridized carbons (Fsp3) is 0.583. The summed E-state index contributed by atoms with van der Waals surface area (Å²) in [7, 11) is 0. The minimum Gasteiger partial charge on any atom is -0.476 e. The highest BCUT2D eigenvalue weighted by Crippen LogP contribution is 2.22. The summed E-state index contributed by atoms with van der Waals surface area (Å²) in [5.74, 6) is -1.12. The lowest BCUT2D eigenvalue weighted by molar-refractivity contribution is -0.127. The molecule has 0 radical (unpaired) electrons. The van der Waals surface area contributed by atoms with E-state index in [1.165, 1.54) is 16.7 Å². The van der Waals surface area contributed by atoms with Crippen LogP contribution in [0.2, 0.25) is 0 Å². The van der Waals surface area contributed by atoms with Crippen molar-refractivity contribution in [1.82, 2.24) is 15.6 Å². The van der Waals surface area contributed by atoms with Gasteiger partial charge in [0.25, 0.3) is 0 Å². The van der Waals surface area contributed by atoms with Gasteiger partial charge < -0.3 is 15.7 Å². The third kappa shape index (κ3) is 2.93. The quantitative estimate of drug-likeness (QED) is 0.771. The van der Waals surface area contributed by atoms with Crippen molar-refractivity contribution >= 4 is 23.2 Å². The standard InChI is InChI=1S/C12H17N3O3S/c1-7(9-15-8(6-19-9)10(16)17)14-11(18)12(2)4-3-5-13-12/h6-7,13H,3-5H2,1-2H3,(H,14,18)(H,16,17). The number of nitrogens with one attached hydrogen (secondary N) is 2. The average Bonchev–Trinajstić information content (AvgIpc) is 2.97. The van der Waals surface area contributed by atoms with Crippen molar-refractivity contribution in [2.75, 3.05) is 6.54 Å². The van der Waals surface area contributed by atoms with E-state index in [0.29, 0.717) is 5.01 Å². The number of carbonyl (C=O) groups excluding carboxylic acids is 1. The van der Waals surface area contributed by atoms with E-state index < -0.39 is 11.5 Å². The molecule has 3 N–H and O–H groups in total. The number of nitrogens with zero attached hydrogens (tertiary/aromatic N) is 1. The first-order valence-electron chi connectivity index (χ1n) is 6.17. The predicted molar refractivity (Wildman–Crippen MR) is 71.3 cm³/mol. The van der Waals surface area contributed by atoms with Crippen LogP contribution in [0.25, 0.3) is 0 Å². The molecule has 0 aromatic carbocycles. The zero-order valence-corrected chi connectivity index (χ0v) is 11.7. The molecule has 1 aliphatic rings. The van der Waals surface area contributed by atoms with Crippen LogP contribution in [0.5, 0.6) is 0 Å². The van der Waals surface area contributed by atoms with Crippen molar-refractivity contribution in [2.24, 2.45) is 0 Å². The highest BCUT2D eigenvalue weighted by Gasteiger charge is 2.36. The van der Waals surface area contributed by atoms with Crippen molar-refractivity contribution in [1.29, 1.82) is 0 Å². The molecule has 2 unspecified atom stereocenters. The number of carbonyl (C=O) groups is 2. The maximum Gasteiger partial charge on any atom is 0.355 e. The first-order chi connectivity index (χ1) is 8.92. The summed E-state index contributed by atoms with van der Waals surface area (Å²) in [5.41, 5.74) is -0.507. The Bertz CT molecular complexity index is 494. The average molecular weight is 283 g/mol. The maximum absolute atomic E-state index is 12.2. The van der Waals surface area contributed by atoms with Crippen molar-refractivity contribution in [3.8, 4) is 0 Å². The highest BCUT2D eigenvalue weighted by molar-refractivity contribution is 7.09. The number of carboxylic acids is 1. The molecule has 1 saturated heterocycles. The molecule has 2 rings (SSSR count). The fourth-order valence-corrected chi connectivity index (χ4v) is 2.89. The van der Waals surface area contributed by atoms with Gasteiger partial charge in [-0.25, -0.2) is 9.78 Å². The molecule has 104 valence electrons. The summed E-state index contributed by atoms with van der Waals surface area (Å²) >= 11 is 1.24. The van der Waals surface area contributed by atoms with E-state index >= 15 is 0 Å². The molecule has 1 amide bonds. The lowest BCUT2D eigenvalue weighted by Gasteiger charge is -2.25. The number of aromatic carboxylic acids is 1. The van der Waals surface area contributed by atoms with E-state index in [1.54, 1.807) is 6.92 Å².